The van der Waals surface area contributed by atoms with Gasteiger partial charge in [0.1, 0.15) is 5.75 Å². The lowest BCUT2D eigenvalue weighted by atomic mass is 9.83. The van der Waals surface area contributed by atoms with Gasteiger partial charge >= 0.3 is 5.69 Å². The monoisotopic (exact) mass is 359 g/mol. The first kappa shape index (κ1) is 16.0. The van der Waals surface area contributed by atoms with Crippen LogP contribution in [0.3, 0.4) is 0 Å². The molecule has 0 atom stereocenters. The van der Waals surface area contributed by atoms with Gasteiger partial charge in [0.25, 0.3) is 0 Å². The lowest BCUT2D eigenvalue weighted by Crippen LogP contribution is -2.36. The Kier molecular flexibility index (Phi) is 5.41. The number of methoxy groups -OCH3 is 1. The Morgan fingerprint density at radius 3 is 2.71 bits per heavy atom. The minimum Gasteiger partial charge on any atom is -0.493 e. The standard InChI is InChI=1S/C14H18BrNO5/c1-19-13-3-2-11(8-12(13)16(17)18)21-10-14(9-15)4-6-20-7-5-14/h2-3,8H,4-7,9-10H2,1H3. The van der Waals surface area contributed by atoms with Crippen molar-refractivity contribution in [1.29, 1.82) is 0 Å². The molecule has 0 radical (unpaired) electrons. The van der Waals surface area contributed by atoms with Crippen molar-refractivity contribution in [2.45, 2.75) is 12.8 Å². The molecule has 6 nitrogen and oxygen atoms in total. The van der Waals surface area contributed by atoms with Crippen LogP contribution in [0.15, 0.2) is 18.2 Å². The van der Waals surface area contributed by atoms with Crippen molar-refractivity contribution in [3.63, 3.8) is 0 Å². The van der Waals surface area contributed by atoms with Crippen molar-refractivity contribution in [2.75, 3.05) is 32.3 Å². The van der Waals surface area contributed by atoms with E-state index in [4.69, 9.17) is 14.2 Å². The fourth-order valence-corrected chi connectivity index (χ4v) is 2.98. The Labute approximate surface area is 131 Å². The van der Waals surface area contributed by atoms with Gasteiger partial charge in [0, 0.05) is 24.0 Å². The summed E-state index contributed by atoms with van der Waals surface area (Å²) in [6, 6.07) is 4.64. The molecule has 21 heavy (non-hydrogen) atoms. The van der Waals surface area contributed by atoms with E-state index in [-0.39, 0.29) is 16.9 Å². The van der Waals surface area contributed by atoms with Gasteiger partial charge in [-0.05, 0) is 25.0 Å². The highest BCUT2D eigenvalue weighted by molar-refractivity contribution is 9.09. The lowest BCUT2D eigenvalue weighted by molar-refractivity contribution is -0.385. The van der Waals surface area contributed by atoms with Crippen molar-refractivity contribution in [3.8, 4) is 11.5 Å². The molecule has 1 fully saturated rings. The van der Waals surface area contributed by atoms with Gasteiger partial charge in [-0.2, -0.15) is 0 Å². The second-order valence-corrected chi connectivity index (χ2v) is 5.69. The number of benzene rings is 1. The Balaban J connectivity index is 2.09. The van der Waals surface area contributed by atoms with Crippen LogP contribution in [0.1, 0.15) is 12.8 Å². The number of ether oxygens (including phenoxy) is 3. The summed E-state index contributed by atoms with van der Waals surface area (Å²) in [5.41, 5.74) is -0.0673. The highest BCUT2D eigenvalue weighted by atomic mass is 79.9. The first-order valence-corrected chi connectivity index (χ1v) is 7.81. The van der Waals surface area contributed by atoms with E-state index in [2.05, 4.69) is 15.9 Å². The zero-order valence-corrected chi connectivity index (χ0v) is 13.4. The fraction of sp³-hybridized carbons (Fsp3) is 0.571. The van der Waals surface area contributed by atoms with E-state index in [1.54, 1.807) is 12.1 Å². The van der Waals surface area contributed by atoms with Crippen molar-refractivity contribution < 1.29 is 19.1 Å². The van der Waals surface area contributed by atoms with E-state index in [1.165, 1.54) is 13.2 Å². The first-order chi connectivity index (χ1) is 10.1. The summed E-state index contributed by atoms with van der Waals surface area (Å²) < 4.78 is 16.1. The molecule has 0 aromatic heterocycles. The highest BCUT2D eigenvalue weighted by Crippen LogP contribution is 2.35. The minimum absolute atomic E-state index is 0.0208. The number of nitrogens with zero attached hydrogens (tertiary/aromatic N) is 1. The topological polar surface area (TPSA) is 70.8 Å². The molecule has 0 unspecified atom stereocenters. The van der Waals surface area contributed by atoms with Gasteiger partial charge in [0.2, 0.25) is 0 Å². The van der Waals surface area contributed by atoms with Crippen LogP contribution in [0.4, 0.5) is 5.69 Å². The molecule has 0 N–H and O–H groups in total. The van der Waals surface area contributed by atoms with Crippen molar-refractivity contribution in [1.82, 2.24) is 0 Å². The molecular formula is C14H18BrNO5. The van der Waals surface area contributed by atoms with Crippen LogP contribution in [0, 0.1) is 15.5 Å². The molecule has 0 amide bonds. The average molecular weight is 360 g/mol. The Morgan fingerprint density at radius 1 is 1.43 bits per heavy atom. The molecule has 0 aliphatic carbocycles. The molecule has 1 aliphatic heterocycles. The summed E-state index contributed by atoms with van der Waals surface area (Å²) in [7, 11) is 1.41. The summed E-state index contributed by atoms with van der Waals surface area (Å²) in [5.74, 6) is 0.711. The normalized spacial score (nSPS) is 17.2. The van der Waals surface area contributed by atoms with Gasteiger partial charge < -0.3 is 14.2 Å². The number of alkyl halides is 1. The SMILES string of the molecule is COc1ccc(OCC2(CBr)CCOCC2)cc1[N+](=O)[O-]. The van der Waals surface area contributed by atoms with Crippen molar-refractivity contribution in [3.05, 3.63) is 28.3 Å². The maximum atomic E-state index is 11.0. The molecule has 0 bridgehead atoms. The number of hydrogen-bond acceptors (Lipinski definition) is 5. The highest BCUT2D eigenvalue weighted by Gasteiger charge is 2.32. The summed E-state index contributed by atoms with van der Waals surface area (Å²) in [4.78, 5) is 10.5. The largest absolute Gasteiger partial charge is 0.493 e. The molecule has 7 heteroatoms. The molecule has 1 aliphatic rings. The molecule has 1 aromatic rings. The van der Waals surface area contributed by atoms with Crippen molar-refractivity contribution >= 4 is 21.6 Å². The third-order valence-corrected chi connectivity index (χ3v) is 4.92. The van der Waals surface area contributed by atoms with Gasteiger partial charge in [-0.1, -0.05) is 15.9 Å². The molecule has 1 saturated heterocycles. The summed E-state index contributed by atoms with van der Waals surface area (Å²) in [5, 5.41) is 11.8. The Hall–Kier alpha value is -1.34. The lowest BCUT2D eigenvalue weighted by Gasteiger charge is -2.35. The second-order valence-electron chi connectivity index (χ2n) is 5.13. The van der Waals surface area contributed by atoms with Gasteiger partial charge in [-0.15, -0.1) is 0 Å². The third-order valence-electron chi connectivity index (χ3n) is 3.73. The van der Waals surface area contributed by atoms with Gasteiger partial charge in [-0.25, -0.2) is 0 Å². The zero-order valence-electron chi connectivity index (χ0n) is 11.8. The summed E-state index contributed by atoms with van der Waals surface area (Å²) >= 11 is 3.54. The molecule has 0 spiro atoms. The molecule has 1 aromatic carbocycles. The first-order valence-electron chi connectivity index (χ1n) is 6.69. The van der Waals surface area contributed by atoms with Crippen LogP contribution in [0.25, 0.3) is 0 Å². The minimum atomic E-state index is -0.472. The van der Waals surface area contributed by atoms with Gasteiger partial charge in [-0.3, -0.25) is 10.1 Å². The van der Waals surface area contributed by atoms with Crippen LogP contribution in [0.2, 0.25) is 0 Å². The summed E-state index contributed by atoms with van der Waals surface area (Å²) in [6.07, 6.45) is 1.83. The second kappa shape index (κ2) is 7.09. The zero-order chi connectivity index (χ0) is 15.3. The van der Waals surface area contributed by atoms with Crippen LogP contribution in [0.5, 0.6) is 11.5 Å². The number of hydrogen-bond donors (Lipinski definition) is 0. The maximum Gasteiger partial charge on any atom is 0.314 e. The third kappa shape index (κ3) is 3.85. The maximum absolute atomic E-state index is 11.0. The van der Waals surface area contributed by atoms with Gasteiger partial charge in [0.05, 0.1) is 24.7 Å². The Morgan fingerprint density at radius 2 is 2.14 bits per heavy atom. The number of halogens is 1. The van der Waals surface area contributed by atoms with E-state index in [0.717, 1.165) is 31.4 Å². The quantitative estimate of drug-likeness (QED) is 0.443. The predicted octanol–water partition coefficient (Wildman–Crippen LogP) is 3.17. The van der Waals surface area contributed by atoms with Gasteiger partial charge in [0.15, 0.2) is 5.75 Å². The molecule has 1 heterocycles. The van der Waals surface area contributed by atoms with Crippen LogP contribution in [-0.2, 0) is 4.74 Å². The molecular weight excluding hydrogens is 342 g/mol. The van der Waals surface area contributed by atoms with E-state index in [0.29, 0.717) is 12.4 Å². The number of rotatable bonds is 6. The van der Waals surface area contributed by atoms with Crippen LogP contribution in [-0.4, -0.2) is 37.2 Å². The number of nitro groups is 1. The van der Waals surface area contributed by atoms with E-state index >= 15 is 0 Å². The molecule has 0 saturated carbocycles. The number of nitro benzene ring substituents is 1. The van der Waals surface area contributed by atoms with Crippen molar-refractivity contribution in [2.24, 2.45) is 5.41 Å². The Bertz CT molecular complexity index is 502. The smallest absolute Gasteiger partial charge is 0.314 e. The van der Waals surface area contributed by atoms with Crippen LogP contribution >= 0.6 is 15.9 Å². The predicted molar refractivity (Wildman–Crippen MR) is 81.4 cm³/mol. The van der Waals surface area contributed by atoms with E-state index in [9.17, 15) is 10.1 Å². The van der Waals surface area contributed by atoms with E-state index in [1.807, 2.05) is 0 Å². The molecule has 2 rings (SSSR count). The molecule has 116 valence electrons. The van der Waals surface area contributed by atoms with E-state index < -0.39 is 4.92 Å². The van der Waals surface area contributed by atoms with Crippen LogP contribution < -0.4 is 9.47 Å². The fourth-order valence-electron chi connectivity index (χ4n) is 2.26. The summed E-state index contributed by atoms with van der Waals surface area (Å²) in [6.45, 7) is 1.94. The average Bonchev–Trinajstić information content (AvgIpc) is 2.53.